The molecule has 0 radical (unpaired) electrons. The normalized spacial score (nSPS) is 17.7. The summed E-state index contributed by atoms with van der Waals surface area (Å²) < 4.78 is 0. The van der Waals surface area contributed by atoms with Crippen LogP contribution in [-0.4, -0.2) is 38.4 Å². The zero-order valence-electron chi connectivity index (χ0n) is 7.47. The Hall–Kier alpha value is -0.120. The van der Waals surface area contributed by atoms with Gasteiger partial charge in [-0.05, 0) is 25.8 Å². The van der Waals surface area contributed by atoms with Gasteiger partial charge in [0.25, 0.3) is 0 Å². The van der Waals surface area contributed by atoms with Crippen LogP contribution in [0, 0.1) is 0 Å². The van der Waals surface area contributed by atoms with Crippen LogP contribution in [0.3, 0.4) is 0 Å². The molecule has 1 rings (SSSR count). The minimum Gasteiger partial charge on any atom is -0.314 e. The fourth-order valence-electron chi connectivity index (χ4n) is 0.987. The Labute approximate surface area is 68.7 Å². The highest BCUT2D eigenvalue weighted by atomic mass is 16.7. The third-order valence-corrected chi connectivity index (χ3v) is 1.97. The molecule has 1 fully saturated rings. The Kier molecular flexibility index (Phi) is 3.83. The van der Waals surface area contributed by atoms with Crippen LogP contribution in [0.25, 0.3) is 0 Å². The first-order valence-corrected chi connectivity index (χ1v) is 4.31. The molecule has 1 aliphatic carbocycles. The highest BCUT2D eigenvalue weighted by molar-refractivity contribution is 4.80. The van der Waals surface area contributed by atoms with E-state index in [-0.39, 0.29) is 0 Å². The lowest BCUT2D eigenvalue weighted by atomic mass is 10.4. The molecule has 0 spiro atoms. The third kappa shape index (κ3) is 4.35. The molecule has 3 nitrogen and oxygen atoms in total. The van der Waals surface area contributed by atoms with Gasteiger partial charge in [-0.25, -0.2) is 0 Å². The van der Waals surface area contributed by atoms with Crippen molar-refractivity contribution in [2.45, 2.75) is 25.3 Å². The van der Waals surface area contributed by atoms with E-state index in [0.29, 0.717) is 0 Å². The average Bonchev–Trinajstić information content (AvgIpc) is 2.81. The highest BCUT2D eigenvalue weighted by Crippen LogP contribution is 2.18. The molecule has 0 heterocycles. The second-order valence-corrected chi connectivity index (χ2v) is 3.12. The van der Waals surface area contributed by atoms with Crippen molar-refractivity contribution >= 4 is 0 Å². The van der Waals surface area contributed by atoms with Gasteiger partial charge in [-0.1, -0.05) is 0 Å². The van der Waals surface area contributed by atoms with Gasteiger partial charge in [-0.15, -0.1) is 0 Å². The van der Waals surface area contributed by atoms with Crippen molar-refractivity contribution < 1.29 is 4.84 Å². The van der Waals surface area contributed by atoms with Crippen molar-refractivity contribution in [3.05, 3.63) is 0 Å². The summed E-state index contributed by atoms with van der Waals surface area (Å²) in [5.41, 5.74) is 0. The van der Waals surface area contributed by atoms with Crippen LogP contribution in [0.15, 0.2) is 0 Å². The van der Waals surface area contributed by atoms with Crippen LogP contribution in [0.2, 0.25) is 0 Å². The first kappa shape index (κ1) is 8.97. The van der Waals surface area contributed by atoms with Crippen LogP contribution >= 0.6 is 0 Å². The highest BCUT2D eigenvalue weighted by Gasteiger charge is 2.19. The molecule has 0 aromatic rings. The number of hydrogen-bond donors (Lipinski definition) is 1. The number of rotatable bonds is 6. The Morgan fingerprint density at radius 3 is 2.82 bits per heavy atom. The van der Waals surface area contributed by atoms with E-state index < -0.39 is 0 Å². The summed E-state index contributed by atoms with van der Waals surface area (Å²) in [4.78, 5) is 4.98. The molecule has 0 aromatic carbocycles. The van der Waals surface area contributed by atoms with E-state index in [9.17, 15) is 0 Å². The smallest absolute Gasteiger partial charge is 0.0575 e. The molecule has 0 atom stereocenters. The second kappa shape index (κ2) is 4.70. The molecule has 0 saturated heterocycles. The van der Waals surface area contributed by atoms with Gasteiger partial charge in [0.1, 0.15) is 0 Å². The summed E-state index contributed by atoms with van der Waals surface area (Å²) in [6.45, 7) is 2.13. The lowest BCUT2D eigenvalue weighted by molar-refractivity contribution is -0.109. The second-order valence-electron chi connectivity index (χ2n) is 3.12. The zero-order chi connectivity index (χ0) is 8.10. The van der Waals surface area contributed by atoms with Gasteiger partial charge in [0.05, 0.1) is 7.11 Å². The van der Waals surface area contributed by atoms with Crippen LogP contribution in [0.5, 0.6) is 0 Å². The first-order chi connectivity index (χ1) is 5.33. The van der Waals surface area contributed by atoms with Crippen LogP contribution < -0.4 is 5.32 Å². The van der Waals surface area contributed by atoms with Gasteiger partial charge in [-0.3, -0.25) is 0 Å². The average molecular weight is 158 g/mol. The van der Waals surface area contributed by atoms with Gasteiger partial charge in [0.15, 0.2) is 0 Å². The third-order valence-electron chi connectivity index (χ3n) is 1.97. The molecule has 0 unspecified atom stereocenters. The fourth-order valence-corrected chi connectivity index (χ4v) is 0.987. The van der Waals surface area contributed by atoms with E-state index in [1.54, 1.807) is 7.11 Å². The van der Waals surface area contributed by atoms with Gasteiger partial charge in [-0.2, -0.15) is 5.06 Å². The van der Waals surface area contributed by atoms with E-state index in [1.165, 1.54) is 19.3 Å². The topological polar surface area (TPSA) is 24.5 Å². The van der Waals surface area contributed by atoms with E-state index in [1.807, 2.05) is 12.1 Å². The molecule has 1 N–H and O–H groups in total. The van der Waals surface area contributed by atoms with Crippen molar-refractivity contribution in [1.29, 1.82) is 0 Å². The summed E-state index contributed by atoms with van der Waals surface area (Å²) >= 11 is 0. The number of nitrogens with zero attached hydrogens (tertiary/aromatic N) is 1. The first-order valence-electron chi connectivity index (χ1n) is 4.31. The van der Waals surface area contributed by atoms with E-state index >= 15 is 0 Å². The molecule has 0 aromatic heterocycles. The minimum atomic E-state index is 0.836. The maximum atomic E-state index is 4.98. The van der Waals surface area contributed by atoms with Crippen molar-refractivity contribution in [2.24, 2.45) is 0 Å². The Morgan fingerprint density at radius 1 is 1.55 bits per heavy atom. The summed E-state index contributed by atoms with van der Waals surface area (Å²) in [6, 6.07) is 0.836. The van der Waals surface area contributed by atoms with E-state index in [4.69, 9.17) is 4.84 Å². The number of hydroxylamine groups is 2. The molecule has 66 valence electrons. The summed E-state index contributed by atoms with van der Waals surface area (Å²) in [5, 5.41) is 5.31. The monoisotopic (exact) mass is 158 g/mol. The molecular formula is C8H18N2O. The summed E-state index contributed by atoms with van der Waals surface area (Å²) in [6.07, 6.45) is 3.92. The molecule has 0 bridgehead atoms. The molecular weight excluding hydrogens is 140 g/mol. The van der Waals surface area contributed by atoms with Gasteiger partial charge >= 0.3 is 0 Å². The van der Waals surface area contributed by atoms with Crippen LogP contribution in [0.1, 0.15) is 19.3 Å². The number of nitrogens with one attached hydrogen (secondary N) is 1. The van der Waals surface area contributed by atoms with E-state index in [2.05, 4.69) is 5.32 Å². The Balaban J connectivity index is 1.79. The maximum Gasteiger partial charge on any atom is 0.0575 e. The lowest BCUT2D eigenvalue weighted by Gasteiger charge is -2.12. The fraction of sp³-hybridized carbons (Fsp3) is 1.00. The SMILES string of the molecule is CON(C)CCCNC1CC1. The van der Waals surface area contributed by atoms with Crippen molar-refractivity contribution in [1.82, 2.24) is 10.4 Å². The standard InChI is InChI=1S/C8H18N2O/c1-10(11-2)7-3-6-9-8-4-5-8/h8-9H,3-7H2,1-2H3. The molecule has 0 aliphatic heterocycles. The zero-order valence-corrected chi connectivity index (χ0v) is 7.47. The summed E-state index contributed by atoms with van der Waals surface area (Å²) in [7, 11) is 3.66. The molecule has 1 aliphatic rings. The largest absolute Gasteiger partial charge is 0.314 e. The molecule has 3 heteroatoms. The van der Waals surface area contributed by atoms with Crippen molar-refractivity contribution in [3.63, 3.8) is 0 Å². The summed E-state index contributed by atoms with van der Waals surface area (Å²) in [5.74, 6) is 0. The molecule has 1 saturated carbocycles. The predicted molar refractivity (Wildman–Crippen MR) is 45.3 cm³/mol. The van der Waals surface area contributed by atoms with Crippen LogP contribution in [0.4, 0.5) is 0 Å². The molecule has 11 heavy (non-hydrogen) atoms. The van der Waals surface area contributed by atoms with Crippen LogP contribution in [-0.2, 0) is 4.84 Å². The Bertz CT molecular complexity index is 104. The number of hydrogen-bond acceptors (Lipinski definition) is 3. The van der Waals surface area contributed by atoms with Crippen molar-refractivity contribution in [3.8, 4) is 0 Å². The Morgan fingerprint density at radius 2 is 2.27 bits per heavy atom. The van der Waals surface area contributed by atoms with Gasteiger partial charge in [0.2, 0.25) is 0 Å². The van der Waals surface area contributed by atoms with Gasteiger partial charge < -0.3 is 10.2 Å². The minimum absolute atomic E-state index is 0.836. The predicted octanol–water partition coefficient (Wildman–Crippen LogP) is 0.622. The van der Waals surface area contributed by atoms with Gasteiger partial charge in [0, 0.05) is 19.6 Å². The van der Waals surface area contributed by atoms with Crippen molar-refractivity contribution in [2.75, 3.05) is 27.2 Å². The van der Waals surface area contributed by atoms with E-state index in [0.717, 1.165) is 19.1 Å². The lowest BCUT2D eigenvalue weighted by Crippen LogP contribution is -2.24. The molecule has 0 amide bonds. The quantitative estimate of drug-likeness (QED) is 0.453. The maximum absolute atomic E-state index is 4.98.